The van der Waals surface area contributed by atoms with E-state index in [4.69, 9.17) is 0 Å². The van der Waals surface area contributed by atoms with Crippen LogP contribution in [0.25, 0.3) is 10.6 Å². The molecule has 1 unspecified atom stereocenters. The van der Waals surface area contributed by atoms with Crippen LogP contribution in [0.15, 0.2) is 24.3 Å². The van der Waals surface area contributed by atoms with Crippen LogP contribution in [0.4, 0.5) is 9.18 Å². The number of carbonyl (C=O) groups is 1. The molecule has 5 nitrogen and oxygen atoms in total. The summed E-state index contributed by atoms with van der Waals surface area (Å²) < 4.78 is 13.9. The summed E-state index contributed by atoms with van der Waals surface area (Å²) in [6, 6.07) is 6.54. The van der Waals surface area contributed by atoms with E-state index in [0.717, 1.165) is 24.4 Å². The Hall–Kier alpha value is -2.02. The first kappa shape index (κ1) is 17.8. The molecule has 25 heavy (non-hydrogen) atoms. The van der Waals surface area contributed by atoms with Crippen molar-refractivity contribution in [1.82, 2.24) is 20.4 Å². The van der Waals surface area contributed by atoms with E-state index in [2.05, 4.69) is 15.5 Å². The number of nitrogens with zero attached hydrogens (tertiary/aromatic N) is 3. The average Bonchev–Trinajstić information content (AvgIpc) is 3.03. The first-order valence-corrected chi connectivity index (χ1v) is 9.30. The normalized spacial score (nSPS) is 18.2. The summed E-state index contributed by atoms with van der Waals surface area (Å²) in [5.41, 5.74) is 0.217. The van der Waals surface area contributed by atoms with Crippen molar-refractivity contribution in [3.8, 4) is 10.6 Å². The van der Waals surface area contributed by atoms with Gasteiger partial charge in [-0.1, -0.05) is 23.5 Å². The second-order valence-corrected chi connectivity index (χ2v) is 8.40. The first-order valence-electron chi connectivity index (χ1n) is 8.49. The largest absolute Gasteiger partial charge is 0.333 e. The number of benzene rings is 1. The second-order valence-electron chi connectivity index (χ2n) is 7.39. The lowest BCUT2D eigenvalue weighted by atomic mass is 9.99. The molecule has 2 amide bonds. The van der Waals surface area contributed by atoms with E-state index in [9.17, 15) is 9.18 Å². The van der Waals surface area contributed by atoms with Crippen molar-refractivity contribution in [2.24, 2.45) is 0 Å². The molecule has 1 atom stereocenters. The predicted octanol–water partition coefficient (Wildman–Crippen LogP) is 4.03. The maximum atomic E-state index is 13.9. The Labute approximate surface area is 151 Å². The van der Waals surface area contributed by atoms with Gasteiger partial charge < -0.3 is 10.2 Å². The van der Waals surface area contributed by atoms with Crippen LogP contribution in [0.2, 0.25) is 0 Å². The van der Waals surface area contributed by atoms with Gasteiger partial charge >= 0.3 is 6.03 Å². The molecule has 134 valence electrons. The number of piperidine rings is 1. The van der Waals surface area contributed by atoms with E-state index >= 15 is 0 Å². The summed E-state index contributed by atoms with van der Waals surface area (Å²) >= 11 is 1.41. The van der Waals surface area contributed by atoms with E-state index < -0.39 is 0 Å². The third-order valence-corrected chi connectivity index (χ3v) is 5.20. The fourth-order valence-corrected chi connectivity index (χ4v) is 3.90. The van der Waals surface area contributed by atoms with E-state index in [1.165, 1.54) is 17.4 Å². The lowest BCUT2D eigenvalue weighted by Gasteiger charge is -2.34. The van der Waals surface area contributed by atoms with Gasteiger partial charge in [0.05, 0.1) is 0 Å². The maximum absolute atomic E-state index is 13.9. The van der Waals surface area contributed by atoms with E-state index in [0.29, 0.717) is 17.1 Å². The van der Waals surface area contributed by atoms with Crippen molar-refractivity contribution in [3.63, 3.8) is 0 Å². The molecule has 1 aliphatic rings. The molecule has 2 aromatic rings. The van der Waals surface area contributed by atoms with Gasteiger partial charge in [0.15, 0.2) is 5.01 Å². The molecule has 0 saturated carbocycles. The fourth-order valence-electron chi connectivity index (χ4n) is 2.91. The number of hydrogen-bond acceptors (Lipinski definition) is 4. The molecule has 7 heteroatoms. The summed E-state index contributed by atoms with van der Waals surface area (Å²) in [7, 11) is 0. The van der Waals surface area contributed by atoms with Crippen molar-refractivity contribution in [1.29, 1.82) is 0 Å². The molecule has 0 radical (unpaired) electrons. The van der Waals surface area contributed by atoms with Crippen molar-refractivity contribution < 1.29 is 9.18 Å². The zero-order chi connectivity index (χ0) is 18.0. The lowest BCUT2D eigenvalue weighted by molar-refractivity contribution is 0.171. The smallest absolute Gasteiger partial charge is 0.317 e. The highest BCUT2D eigenvalue weighted by molar-refractivity contribution is 7.14. The number of halogens is 1. The van der Waals surface area contributed by atoms with Gasteiger partial charge in [-0.2, -0.15) is 0 Å². The molecule has 1 N–H and O–H groups in total. The van der Waals surface area contributed by atoms with Crippen LogP contribution >= 0.6 is 11.3 Å². The zero-order valence-corrected chi connectivity index (χ0v) is 15.6. The number of likely N-dealkylation sites (tertiary alicyclic amines) is 1. The van der Waals surface area contributed by atoms with Gasteiger partial charge in [0.2, 0.25) is 0 Å². The number of nitrogens with one attached hydrogen (secondary N) is 1. The van der Waals surface area contributed by atoms with Crippen molar-refractivity contribution >= 4 is 17.4 Å². The monoisotopic (exact) mass is 362 g/mol. The highest BCUT2D eigenvalue weighted by Gasteiger charge is 2.29. The van der Waals surface area contributed by atoms with Crippen LogP contribution in [0.1, 0.15) is 44.5 Å². The van der Waals surface area contributed by atoms with Gasteiger partial charge in [-0.15, -0.1) is 10.2 Å². The summed E-state index contributed by atoms with van der Waals surface area (Å²) in [4.78, 5) is 14.2. The molecular formula is C18H23FN4OS. The molecular weight excluding hydrogens is 339 g/mol. The van der Waals surface area contributed by atoms with Gasteiger partial charge in [-0.05, 0) is 45.7 Å². The Morgan fingerprint density at radius 3 is 2.80 bits per heavy atom. The second kappa shape index (κ2) is 7.07. The molecule has 1 saturated heterocycles. The third kappa shape index (κ3) is 4.34. The Kier molecular flexibility index (Phi) is 5.03. The summed E-state index contributed by atoms with van der Waals surface area (Å²) in [6.45, 7) is 7.28. The number of carbonyl (C=O) groups excluding carboxylic acids is 1. The van der Waals surface area contributed by atoms with Gasteiger partial charge in [-0.25, -0.2) is 9.18 Å². The number of amides is 2. The Morgan fingerprint density at radius 2 is 2.08 bits per heavy atom. The third-order valence-electron chi connectivity index (χ3n) is 4.08. The summed E-state index contributed by atoms with van der Waals surface area (Å²) in [6.07, 6.45) is 1.89. The summed E-state index contributed by atoms with van der Waals surface area (Å²) in [5.74, 6) is -0.141. The first-order chi connectivity index (χ1) is 11.8. The minimum Gasteiger partial charge on any atom is -0.333 e. The Bertz CT molecular complexity index is 756. The minimum atomic E-state index is -0.292. The molecule has 0 bridgehead atoms. The van der Waals surface area contributed by atoms with Crippen LogP contribution in [-0.2, 0) is 0 Å². The predicted molar refractivity (Wildman–Crippen MR) is 97.1 cm³/mol. The van der Waals surface area contributed by atoms with Crippen molar-refractivity contribution in [2.45, 2.75) is 45.1 Å². The molecule has 0 aliphatic carbocycles. The van der Waals surface area contributed by atoms with Crippen LogP contribution in [0.5, 0.6) is 0 Å². The summed E-state index contributed by atoms with van der Waals surface area (Å²) in [5, 5.41) is 12.9. The Morgan fingerprint density at radius 1 is 1.32 bits per heavy atom. The molecule has 1 aromatic heterocycles. The molecule has 2 heterocycles. The fraction of sp³-hybridized carbons (Fsp3) is 0.500. The topological polar surface area (TPSA) is 58.1 Å². The van der Waals surface area contributed by atoms with Crippen molar-refractivity contribution in [2.75, 3.05) is 13.1 Å². The molecule has 1 fully saturated rings. The van der Waals surface area contributed by atoms with Gasteiger partial charge in [-0.3, -0.25) is 0 Å². The lowest BCUT2D eigenvalue weighted by Crippen LogP contribution is -2.51. The van der Waals surface area contributed by atoms with Gasteiger partial charge in [0.25, 0.3) is 0 Å². The van der Waals surface area contributed by atoms with Crippen LogP contribution in [0.3, 0.4) is 0 Å². The quantitative estimate of drug-likeness (QED) is 0.877. The van der Waals surface area contributed by atoms with Gasteiger partial charge in [0.1, 0.15) is 10.8 Å². The van der Waals surface area contributed by atoms with Crippen LogP contribution in [0, 0.1) is 5.82 Å². The Balaban J connectivity index is 1.72. The highest BCUT2D eigenvalue weighted by atomic mass is 32.1. The highest BCUT2D eigenvalue weighted by Crippen LogP contribution is 2.33. The number of rotatable bonds is 2. The SMILES string of the molecule is CC(C)(C)NC(=O)N1CCCC(c2nnc(-c3ccccc3F)s2)C1. The van der Waals surface area contributed by atoms with E-state index in [-0.39, 0.29) is 23.3 Å². The zero-order valence-electron chi connectivity index (χ0n) is 14.8. The number of urea groups is 1. The van der Waals surface area contributed by atoms with Gasteiger partial charge in [0, 0.05) is 30.1 Å². The molecule has 0 spiro atoms. The van der Waals surface area contributed by atoms with Crippen LogP contribution < -0.4 is 5.32 Å². The maximum Gasteiger partial charge on any atom is 0.317 e. The van der Waals surface area contributed by atoms with E-state index in [1.807, 2.05) is 25.7 Å². The standard InChI is InChI=1S/C18H23FN4OS/c1-18(2,3)20-17(24)23-10-6-7-12(11-23)15-21-22-16(25-15)13-8-4-5-9-14(13)19/h4-5,8-9,12H,6-7,10-11H2,1-3H3,(H,20,24). The molecule has 3 rings (SSSR count). The number of aromatic nitrogens is 2. The minimum absolute atomic E-state index is 0.0453. The average molecular weight is 362 g/mol. The number of hydrogen-bond donors (Lipinski definition) is 1. The van der Waals surface area contributed by atoms with E-state index in [1.54, 1.807) is 18.2 Å². The molecule has 1 aliphatic heterocycles. The van der Waals surface area contributed by atoms with Crippen LogP contribution in [-0.4, -0.2) is 39.8 Å². The molecule has 1 aromatic carbocycles. The van der Waals surface area contributed by atoms with Crippen molar-refractivity contribution in [3.05, 3.63) is 35.1 Å².